The van der Waals surface area contributed by atoms with E-state index < -0.39 is 0 Å². The summed E-state index contributed by atoms with van der Waals surface area (Å²) < 4.78 is 13.7. The molecule has 2 aliphatic rings. The van der Waals surface area contributed by atoms with Crippen molar-refractivity contribution in [3.05, 3.63) is 53.4 Å². The highest BCUT2D eigenvalue weighted by molar-refractivity contribution is 5.93. The average molecular weight is 356 g/mol. The molecule has 0 spiro atoms. The Kier molecular flexibility index (Phi) is 4.01. The molecule has 0 saturated carbocycles. The Morgan fingerprint density at radius 3 is 2.73 bits per heavy atom. The Labute approximate surface area is 151 Å². The first-order valence-electron chi connectivity index (χ1n) is 8.77. The molecule has 1 aromatic heterocycles. The van der Waals surface area contributed by atoms with Crippen molar-refractivity contribution in [1.82, 2.24) is 19.8 Å². The number of benzene rings is 1. The van der Waals surface area contributed by atoms with Gasteiger partial charge in [-0.05, 0) is 24.6 Å². The van der Waals surface area contributed by atoms with Gasteiger partial charge in [0.15, 0.2) is 0 Å². The third-order valence-corrected chi connectivity index (χ3v) is 5.58. The Morgan fingerprint density at radius 2 is 2.08 bits per heavy atom. The summed E-state index contributed by atoms with van der Waals surface area (Å²) in [5.41, 5.74) is 1.98. The first kappa shape index (κ1) is 16.8. The average Bonchev–Trinajstić information content (AvgIpc) is 3.27. The number of aromatic amines is 1. The Hall–Kier alpha value is -2.70. The van der Waals surface area contributed by atoms with Crippen LogP contribution in [0.3, 0.4) is 0 Å². The maximum atomic E-state index is 13.7. The maximum absolute atomic E-state index is 13.7. The maximum Gasteiger partial charge on any atom is 0.274 e. The smallest absolute Gasteiger partial charge is 0.274 e. The lowest BCUT2D eigenvalue weighted by Crippen LogP contribution is -2.36. The van der Waals surface area contributed by atoms with E-state index in [0.717, 1.165) is 11.3 Å². The van der Waals surface area contributed by atoms with E-state index in [0.29, 0.717) is 25.3 Å². The van der Waals surface area contributed by atoms with Crippen LogP contribution >= 0.6 is 0 Å². The molecule has 3 atom stereocenters. The van der Waals surface area contributed by atoms with Gasteiger partial charge in [-0.1, -0.05) is 12.1 Å². The number of nitrogens with one attached hydrogen (secondary N) is 1. The fourth-order valence-electron chi connectivity index (χ4n) is 4.38. The number of aromatic nitrogens is 2. The predicted molar refractivity (Wildman–Crippen MR) is 92.7 cm³/mol. The Morgan fingerprint density at radius 1 is 1.27 bits per heavy atom. The van der Waals surface area contributed by atoms with Crippen LogP contribution in [-0.4, -0.2) is 51.2 Å². The number of hydrogen-bond acceptors (Lipinski definition) is 3. The third-order valence-electron chi connectivity index (χ3n) is 5.58. The van der Waals surface area contributed by atoms with E-state index in [1.165, 1.54) is 18.5 Å². The van der Waals surface area contributed by atoms with Crippen molar-refractivity contribution in [1.29, 1.82) is 0 Å². The molecule has 0 bridgehead atoms. The minimum absolute atomic E-state index is 0.0188. The van der Waals surface area contributed by atoms with E-state index in [1.54, 1.807) is 13.0 Å². The van der Waals surface area contributed by atoms with Gasteiger partial charge in [-0.15, -0.1) is 0 Å². The number of fused-ring (bicyclic) bond motifs is 1. The number of halogens is 1. The molecule has 4 rings (SSSR count). The lowest BCUT2D eigenvalue weighted by molar-refractivity contribution is -0.130. The Balaban J connectivity index is 1.61. The molecule has 1 N–H and O–H groups in total. The zero-order chi connectivity index (χ0) is 18.4. The molecular formula is C19H21FN4O2. The van der Waals surface area contributed by atoms with Crippen molar-refractivity contribution in [2.75, 3.05) is 19.6 Å². The highest BCUT2D eigenvalue weighted by atomic mass is 19.1. The number of carbonyl (C=O) groups excluding carboxylic acids is 2. The Bertz CT molecular complexity index is 865. The molecule has 7 heteroatoms. The van der Waals surface area contributed by atoms with E-state index in [9.17, 15) is 14.0 Å². The van der Waals surface area contributed by atoms with E-state index >= 15 is 0 Å². The molecule has 2 saturated heterocycles. The standard InChI is InChI=1S/C19H21FN4O2/c1-11-17(22-10-21-11)19(26)23-7-14-8-24(12(2)25)18(16(14)9-23)13-4-3-5-15(20)6-13/h3-6,10,14,16,18H,7-9H2,1-2H3,(H,21,22)/t14-,16-,18+/m1/s1. The number of nitrogens with zero attached hydrogens (tertiary/aromatic N) is 3. The molecule has 3 heterocycles. The van der Waals surface area contributed by atoms with Crippen molar-refractivity contribution in [2.24, 2.45) is 11.8 Å². The molecule has 2 fully saturated rings. The van der Waals surface area contributed by atoms with Gasteiger partial charge in [0, 0.05) is 44.1 Å². The number of aryl methyl sites for hydroxylation is 1. The molecule has 0 radical (unpaired) electrons. The fraction of sp³-hybridized carbons (Fsp3) is 0.421. The van der Waals surface area contributed by atoms with E-state index in [-0.39, 0.29) is 35.5 Å². The molecule has 1 aromatic carbocycles. The molecule has 136 valence electrons. The highest BCUT2D eigenvalue weighted by Crippen LogP contribution is 2.45. The van der Waals surface area contributed by atoms with Gasteiger partial charge in [-0.3, -0.25) is 9.59 Å². The van der Waals surface area contributed by atoms with Gasteiger partial charge in [-0.2, -0.15) is 0 Å². The summed E-state index contributed by atoms with van der Waals surface area (Å²) in [4.78, 5) is 35.6. The molecule has 6 nitrogen and oxygen atoms in total. The summed E-state index contributed by atoms with van der Waals surface area (Å²) in [6.45, 7) is 5.09. The number of likely N-dealkylation sites (tertiary alicyclic amines) is 2. The van der Waals surface area contributed by atoms with Crippen LogP contribution in [-0.2, 0) is 4.79 Å². The third kappa shape index (κ3) is 2.67. The largest absolute Gasteiger partial charge is 0.348 e. The minimum atomic E-state index is -0.312. The topological polar surface area (TPSA) is 69.3 Å². The quantitative estimate of drug-likeness (QED) is 0.896. The summed E-state index contributed by atoms with van der Waals surface area (Å²) in [6.07, 6.45) is 1.52. The van der Waals surface area contributed by atoms with Crippen LogP contribution in [0.15, 0.2) is 30.6 Å². The number of hydrogen-bond donors (Lipinski definition) is 1. The molecule has 26 heavy (non-hydrogen) atoms. The first-order valence-corrected chi connectivity index (χ1v) is 8.77. The zero-order valence-corrected chi connectivity index (χ0v) is 14.8. The fourth-order valence-corrected chi connectivity index (χ4v) is 4.38. The van der Waals surface area contributed by atoms with Gasteiger partial charge < -0.3 is 14.8 Å². The molecule has 2 amide bonds. The summed E-state index contributed by atoms with van der Waals surface area (Å²) in [7, 11) is 0. The van der Waals surface area contributed by atoms with Crippen LogP contribution in [0.4, 0.5) is 4.39 Å². The number of H-pyrrole nitrogens is 1. The molecule has 2 aliphatic heterocycles. The van der Waals surface area contributed by atoms with Crippen LogP contribution in [0.5, 0.6) is 0 Å². The lowest BCUT2D eigenvalue weighted by Gasteiger charge is -2.29. The number of imidazole rings is 1. The van der Waals surface area contributed by atoms with Crippen LogP contribution < -0.4 is 0 Å². The number of amides is 2. The number of carbonyl (C=O) groups is 2. The van der Waals surface area contributed by atoms with Crippen LogP contribution in [0, 0.1) is 24.6 Å². The molecule has 0 unspecified atom stereocenters. The van der Waals surface area contributed by atoms with Crippen molar-refractivity contribution in [2.45, 2.75) is 19.9 Å². The van der Waals surface area contributed by atoms with E-state index in [1.807, 2.05) is 22.8 Å². The van der Waals surface area contributed by atoms with E-state index in [2.05, 4.69) is 9.97 Å². The monoisotopic (exact) mass is 356 g/mol. The van der Waals surface area contributed by atoms with Crippen molar-refractivity contribution in [3.63, 3.8) is 0 Å². The second kappa shape index (κ2) is 6.23. The van der Waals surface area contributed by atoms with Crippen molar-refractivity contribution in [3.8, 4) is 0 Å². The van der Waals surface area contributed by atoms with Crippen molar-refractivity contribution < 1.29 is 14.0 Å². The molecule has 0 aliphatic carbocycles. The second-order valence-electron chi connectivity index (χ2n) is 7.18. The van der Waals surface area contributed by atoms with Crippen LogP contribution in [0.1, 0.15) is 34.7 Å². The predicted octanol–water partition coefficient (Wildman–Crippen LogP) is 2.15. The summed E-state index contributed by atoms with van der Waals surface area (Å²) >= 11 is 0. The van der Waals surface area contributed by atoms with Gasteiger partial charge in [0.05, 0.1) is 12.4 Å². The lowest BCUT2D eigenvalue weighted by atomic mass is 9.89. The highest BCUT2D eigenvalue weighted by Gasteiger charge is 2.49. The SMILES string of the molecule is CC(=O)N1C[C@H]2CN(C(=O)c3nc[nH]c3C)C[C@H]2[C@@H]1c1cccc(F)c1. The van der Waals surface area contributed by atoms with Crippen LogP contribution in [0.25, 0.3) is 0 Å². The zero-order valence-electron chi connectivity index (χ0n) is 14.8. The summed E-state index contributed by atoms with van der Waals surface area (Å²) in [5, 5.41) is 0. The first-order chi connectivity index (χ1) is 12.5. The minimum Gasteiger partial charge on any atom is -0.348 e. The second-order valence-corrected chi connectivity index (χ2v) is 7.18. The van der Waals surface area contributed by atoms with Gasteiger partial charge in [-0.25, -0.2) is 9.37 Å². The molecule has 2 aromatic rings. The van der Waals surface area contributed by atoms with Gasteiger partial charge >= 0.3 is 0 Å². The molecular weight excluding hydrogens is 335 g/mol. The van der Waals surface area contributed by atoms with Gasteiger partial charge in [0.2, 0.25) is 5.91 Å². The van der Waals surface area contributed by atoms with E-state index in [4.69, 9.17) is 0 Å². The van der Waals surface area contributed by atoms with Crippen LogP contribution in [0.2, 0.25) is 0 Å². The number of rotatable bonds is 2. The summed E-state index contributed by atoms with van der Waals surface area (Å²) in [6, 6.07) is 6.21. The van der Waals surface area contributed by atoms with Gasteiger partial charge in [0.1, 0.15) is 11.5 Å². The van der Waals surface area contributed by atoms with Gasteiger partial charge in [0.25, 0.3) is 5.91 Å². The normalized spacial score (nSPS) is 24.8. The van der Waals surface area contributed by atoms with Crippen molar-refractivity contribution >= 4 is 11.8 Å². The summed E-state index contributed by atoms with van der Waals surface area (Å²) in [5.74, 6) is -0.132.